The highest BCUT2D eigenvalue weighted by atomic mass is 32.2. The predicted molar refractivity (Wildman–Crippen MR) is 139 cm³/mol. The number of nitrogens with two attached hydrogens (primary N) is 1. The van der Waals surface area contributed by atoms with E-state index in [0.29, 0.717) is 23.8 Å². The third-order valence-corrected chi connectivity index (χ3v) is 5.71. The van der Waals surface area contributed by atoms with Crippen molar-refractivity contribution in [2.45, 2.75) is 29.6 Å². The van der Waals surface area contributed by atoms with Crippen molar-refractivity contribution in [2.75, 3.05) is 24.8 Å². The average Bonchev–Trinajstić information content (AvgIpc) is 3.27. The lowest BCUT2D eigenvalue weighted by molar-refractivity contribution is 0.0499. The molecule has 9 heteroatoms. The minimum absolute atomic E-state index is 0.279. The number of aromatic nitrogens is 2. The molecule has 0 spiro atoms. The first kappa shape index (κ1) is 25.6. The number of H-pyrrole nitrogens is 1. The van der Waals surface area contributed by atoms with E-state index in [-0.39, 0.29) is 5.97 Å². The van der Waals surface area contributed by atoms with Crippen LogP contribution in [0.15, 0.2) is 82.6 Å². The van der Waals surface area contributed by atoms with Gasteiger partial charge in [-0.05, 0) is 61.0 Å². The highest BCUT2D eigenvalue weighted by Crippen LogP contribution is 2.29. The van der Waals surface area contributed by atoms with Crippen molar-refractivity contribution in [3.8, 4) is 0 Å². The molecule has 0 atom stereocenters. The van der Waals surface area contributed by atoms with Crippen LogP contribution < -0.4 is 11.1 Å². The predicted octanol–water partition coefficient (Wildman–Crippen LogP) is 6.12. The zero-order valence-corrected chi connectivity index (χ0v) is 20.4. The van der Waals surface area contributed by atoms with Crippen molar-refractivity contribution in [1.29, 1.82) is 0 Å². The number of unbranched alkanes of at least 4 members (excludes halogenated alkanes) is 1. The number of anilines is 2. The van der Waals surface area contributed by atoms with Crippen LogP contribution in [0.3, 0.4) is 0 Å². The van der Waals surface area contributed by atoms with Gasteiger partial charge in [-0.1, -0.05) is 43.3 Å². The summed E-state index contributed by atoms with van der Waals surface area (Å²) in [4.78, 5) is 32.1. The summed E-state index contributed by atoms with van der Waals surface area (Å²) < 4.78 is 9.57. The Bertz CT molecular complexity index is 1240. The van der Waals surface area contributed by atoms with Gasteiger partial charge < -0.3 is 20.2 Å². The van der Waals surface area contributed by atoms with Crippen LogP contribution in [0.2, 0.25) is 0 Å². The average molecular weight is 493 g/mol. The highest BCUT2D eigenvalue weighted by molar-refractivity contribution is 7.99. The molecule has 182 valence electrons. The lowest BCUT2D eigenvalue weighted by Crippen LogP contribution is -2.11. The number of nitrogen functional groups attached to an aromatic ring is 1. The number of amides is 1. The first-order valence-corrected chi connectivity index (χ1v) is 11.9. The molecule has 0 aliphatic carbocycles. The Balaban J connectivity index is 0.000000214. The molecular formula is C26H28N4O4S. The van der Waals surface area contributed by atoms with Crippen LogP contribution in [0.5, 0.6) is 0 Å². The number of methoxy groups -OCH3 is 1. The Hall–Kier alpha value is -3.98. The number of nitrogens with zero attached hydrogens (tertiary/aromatic N) is 1. The maximum atomic E-state index is 11.4. The summed E-state index contributed by atoms with van der Waals surface area (Å²) in [6.07, 6.45) is 1.38. The number of fused-ring (bicyclic) bond motifs is 1. The monoisotopic (exact) mass is 492 g/mol. The molecule has 1 heterocycles. The van der Waals surface area contributed by atoms with E-state index in [9.17, 15) is 9.59 Å². The molecule has 0 saturated carbocycles. The van der Waals surface area contributed by atoms with E-state index in [1.54, 1.807) is 36.0 Å². The van der Waals surface area contributed by atoms with Gasteiger partial charge in [0, 0.05) is 15.5 Å². The van der Waals surface area contributed by atoms with Crippen LogP contribution in [0.1, 0.15) is 30.1 Å². The first-order valence-electron chi connectivity index (χ1n) is 11.1. The van der Waals surface area contributed by atoms with Gasteiger partial charge in [-0.3, -0.25) is 5.32 Å². The molecule has 0 radical (unpaired) electrons. The molecule has 4 rings (SSSR count). The molecule has 0 fully saturated rings. The van der Waals surface area contributed by atoms with Gasteiger partial charge in [-0.2, -0.15) is 0 Å². The number of rotatable bonds is 7. The Morgan fingerprint density at radius 2 is 1.77 bits per heavy atom. The summed E-state index contributed by atoms with van der Waals surface area (Å²) in [5.41, 5.74) is 8.35. The van der Waals surface area contributed by atoms with Crippen LogP contribution in [0, 0.1) is 0 Å². The van der Waals surface area contributed by atoms with Gasteiger partial charge in [0.05, 0.1) is 30.3 Å². The standard InChI is InChI=1S/C15H13N3O2S.C11H15NO2/c1-20-15(19)18-14-16-12-8-7-11(9-13(12)17-14)21-10-5-3-2-4-6-10;1-2-3-8-14-11(13)9-4-6-10(12)7-5-9/h2-9H,1H3,(H2,16,17,18,19);4-7H,2-3,8,12H2,1H3. The molecule has 1 aromatic heterocycles. The van der Waals surface area contributed by atoms with Gasteiger partial charge in [-0.15, -0.1) is 0 Å². The number of aromatic amines is 1. The Labute approximate surface area is 208 Å². The Morgan fingerprint density at radius 1 is 1.03 bits per heavy atom. The van der Waals surface area contributed by atoms with Crippen molar-refractivity contribution in [3.63, 3.8) is 0 Å². The maximum absolute atomic E-state index is 11.4. The SMILES string of the molecule is CCCCOC(=O)c1ccc(N)cc1.COC(=O)Nc1nc2ccc(Sc3ccccc3)cc2[nH]1. The van der Waals surface area contributed by atoms with Gasteiger partial charge >= 0.3 is 12.1 Å². The minimum Gasteiger partial charge on any atom is -0.462 e. The first-order chi connectivity index (χ1) is 17.0. The molecule has 0 unspecified atom stereocenters. The zero-order chi connectivity index (χ0) is 25.0. The summed E-state index contributed by atoms with van der Waals surface area (Å²) >= 11 is 1.67. The lowest BCUT2D eigenvalue weighted by Gasteiger charge is -2.03. The van der Waals surface area contributed by atoms with Crippen LogP contribution in [-0.2, 0) is 9.47 Å². The number of imidazole rings is 1. The van der Waals surface area contributed by atoms with Crippen LogP contribution in [0.25, 0.3) is 11.0 Å². The van der Waals surface area contributed by atoms with E-state index >= 15 is 0 Å². The largest absolute Gasteiger partial charge is 0.462 e. The third kappa shape index (κ3) is 8.08. The fourth-order valence-corrected chi connectivity index (χ4v) is 3.77. The van der Waals surface area contributed by atoms with E-state index in [0.717, 1.165) is 28.8 Å². The second-order valence-electron chi connectivity index (χ2n) is 7.41. The molecular weight excluding hydrogens is 464 g/mol. The van der Waals surface area contributed by atoms with Gasteiger partial charge in [-0.25, -0.2) is 14.6 Å². The molecule has 8 nitrogen and oxygen atoms in total. The van der Waals surface area contributed by atoms with E-state index in [1.807, 2.05) is 36.4 Å². The summed E-state index contributed by atoms with van der Waals surface area (Å²) in [6.45, 7) is 2.54. The number of nitrogens with one attached hydrogen (secondary N) is 2. The van der Waals surface area contributed by atoms with E-state index in [2.05, 4.69) is 39.1 Å². The van der Waals surface area contributed by atoms with Crippen molar-refractivity contribution >= 4 is 46.5 Å². The van der Waals surface area contributed by atoms with Crippen molar-refractivity contribution in [2.24, 2.45) is 0 Å². The molecule has 4 N–H and O–H groups in total. The molecule has 0 aliphatic heterocycles. The second-order valence-corrected chi connectivity index (χ2v) is 8.55. The molecule has 0 bridgehead atoms. The van der Waals surface area contributed by atoms with E-state index in [4.69, 9.17) is 10.5 Å². The van der Waals surface area contributed by atoms with E-state index < -0.39 is 6.09 Å². The fraction of sp³-hybridized carbons (Fsp3) is 0.192. The third-order valence-electron chi connectivity index (χ3n) is 4.72. The van der Waals surface area contributed by atoms with Gasteiger partial charge in [0.15, 0.2) is 0 Å². The number of ether oxygens (including phenoxy) is 2. The molecule has 0 aliphatic rings. The van der Waals surface area contributed by atoms with Gasteiger partial charge in [0.25, 0.3) is 0 Å². The number of benzene rings is 3. The summed E-state index contributed by atoms with van der Waals surface area (Å²) in [7, 11) is 1.31. The quantitative estimate of drug-likeness (QED) is 0.162. The highest BCUT2D eigenvalue weighted by Gasteiger charge is 2.08. The normalized spacial score (nSPS) is 10.2. The smallest absolute Gasteiger partial charge is 0.413 e. The second kappa shape index (κ2) is 13.0. The Morgan fingerprint density at radius 3 is 2.46 bits per heavy atom. The number of esters is 1. The fourth-order valence-electron chi connectivity index (χ4n) is 2.90. The number of carbonyl (C=O) groups excluding carboxylic acids is 2. The van der Waals surface area contributed by atoms with Gasteiger partial charge in [0.1, 0.15) is 0 Å². The van der Waals surface area contributed by atoms with Crippen molar-refractivity contribution in [1.82, 2.24) is 9.97 Å². The molecule has 35 heavy (non-hydrogen) atoms. The Kier molecular flexibility index (Phi) is 9.56. The summed E-state index contributed by atoms with van der Waals surface area (Å²) in [5.74, 6) is 0.0946. The molecule has 3 aromatic carbocycles. The number of hydrogen-bond acceptors (Lipinski definition) is 7. The topological polar surface area (TPSA) is 119 Å². The van der Waals surface area contributed by atoms with E-state index in [1.165, 1.54) is 12.0 Å². The van der Waals surface area contributed by atoms with Crippen molar-refractivity contribution < 1.29 is 19.1 Å². The number of hydrogen-bond donors (Lipinski definition) is 3. The lowest BCUT2D eigenvalue weighted by atomic mass is 10.2. The molecule has 1 amide bonds. The van der Waals surface area contributed by atoms with Crippen LogP contribution in [0.4, 0.5) is 16.4 Å². The minimum atomic E-state index is -0.548. The van der Waals surface area contributed by atoms with Gasteiger partial charge in [0.2, 0.25) is 5.95 Å². The zero-order valence-electron chi connectivity index (χ0n) is 19.6. The van der Waals surface area contributed by atoms with Crippen LogP contribution in [-0.4, -0.2) is 35.7 Å². The summed E-state index contributed by atoms with van der Waals surface area (Å²) in [6, 6.07) is 22.8. The molecule has 0 saturated heterocycles. The molecule has 4 aromatic rings. The van der Waals surface area contributed by atoms with Crippen molar-refractivity contribution in [3.05, 3.63) is 78.4 Å². The maximum Gasteiger partial charge on any atom is 0.413 e. The summed E-state index contributed by atoms with van der Waals surface area (Å²) in [5, 5.41) is 2.52. The number of carbonyl (C=O) groups is 2. The van der Waals surface area contributed by atoms with Crippen LogP contribution >= 0.6 is 11.8 Å².